The standard InChI is InChI=1S/C23H26ClNO7S/c1-29-20-5-3-18(24)13-17(20)15-32-23(26)16-7-9-25(10-8-16)33(27,28)19-4-6-21-22(14-19)31-12-2-11-30-21/h3-6,13-14,16H,2,7-12,15H2,1H3. The van der Waals surface area contributed by atoms with E-state index in [1.807, 2.05) is 0 Å². The first-order chi connectivity index (χ1) is 15.9. The first kappa shape index (κ1) is 23.7. The Bertz CT molecular complexity index is 1110. The van der Waals surface area contributed by atoms with Gasteiger partial charge in [0.05, 0.1) is 31.1 Å². The lowest BCUT2D eigenvalue weighted by Gasteiger charge is -2.30. The molecule has 0 N–H and O–H groups in total. The van der Waals surface area contributed by atoms with Crippen LogP contribution in [0.3, 0.4) is 0 Å². The highest BCUT2D eigenvalue weighted by molar-refractivity contribution is 7.89. The van der Waals surface area contributed by atoms with Crippen LogP contribution in [0.25, 0.3) is 0 Å². The molecule has 4 rings (SSSR count). The molecular formula is C23H26ClNO7S. The number of halogens is 1. The molecule has 0 atom stereocenters. The van der Waals surface area contributed by atoms with Crippen LogP contribution in [0.1, 0.15) is 24.8 Å². The van der Waals surface area contributed by atoms with Crippen LogP contribution in [0.5, 0.6) is 17.2 Å². The van der Waals surface area contributed by atoms with Gasteiger partial charge in [-0.1, -0.05) is 11.6 Å². The average Bonchev–Trinajstić information content (AvgIpc) is 3.07. The number of sulfonamides is 1. The number of hydrogen-bond acceptors (Lipinski definition) is 7. The molecule has 0 spiro atoms. The molecule has 0 aromatic heterocycles. The maximum Gasteiger partial charge on any atom is 0.309 e. The van der Waals surface area contributed by atoms with E-state index in [1.54, 1.807) is 24.3 Å². The lowest BCUT2D eigenvalue weighted by Crippen LogP contribution is -2.40. The molecule has 33 heavy (non-hydrogen) atoms. The summed E-state index contributed by atoms with van der Waals surface area (Å²) in [4.78, 5) is 12.7. The van der Waals surface area contributed by atoms with Crippen molar-refractivity contribution in [3.63, 3.8) is 0 Å². The maximum absolute atomic E-state index is 13.1. The SMILES string of the molecule is COc1ccc(Cl)cc1COC(=O)C1CCN(S(=O)(=O)c2ccc3c(c2)OCCCO3)CC1. The summed E-state index contributed by atoms with van der Waals surface area (Å²) in [6.07, 6.45) is 1.51. The van der Waals surface area contributed by atoms with Crippen LogP contribution >= 0.6 is 11.6 Å². The van der Waals surface area contributed by atoms with Crippen LogP contribution in [0.4, 0.5) is 0 Å². The highest BCUT2D eigenvalue weighted by atomic mass is 35.5. The largest absolute Gasteiger partial charge is 0.496 e. The zero-order chi connectivity index (χ0) is 23.4. The molecule has 2 heterocycles. The molecule has 2 aliphatic rings. The summed E-state index contributed by atoms with van der Waals surface area (Å²) >= 11 is 6.02. The van der Waals surface area contributed by atoms with Gasteiger partial charge in [-0.05, 0) is 43.2 Å². The minimum Gasteiger partial charge on any atom is -0.496 e. The van der Waals surface area contributed by atoms with Gasteiger partial charge in [0, 0.05) is 36.2 Å². The number of carbonyl (C=O) groups is 1. The highest BCUT2D eigenvalue weighted by Gasteiger charge is 2.33. The van der Waals surface area contributed by atoms with E-state index in [2.05, 4.69) is 0 Å². The van der Waals surface area contributed by atoms with Crippen molar-refractivity contribution in [3.8, 4) is 17.2 Å². The average molecular weight is 496 g/mol. The van der Waals surface area contributed by atoms with Gasteiger partial charge >= 0.3 is 5.97 Å². The summed E-state index contributed by atoms with van der Waals surface area (Å²) < 4.78 is 49.6. The summed E-state index contributed by atoms with van der Waals surface area (Å²) in [6.45, 7) is 1.52. The Kier molecular flexibility index (Phi) is 7.31. The molecule has 0 radical (unpaired) electrons. The van der Waals surface area contributed by atoms with Gasteiger partial charge < -0.3 is 18.9 Å². The van der Waals surface area contributed by atoms with Gasteiger partial charge in [0.15, 0.2) is 11.5 Å². The fourth-order valence-corrected chi connectivity index (χ4v) is 5.59. The molecule has 0 saturated carbocycles. The molecule has 1 fully saturated rings. The number of carbonyl (C=O) groups excluding carboxylic acids is 1. The summed E-state index contributed by atoms with van der Waals surface area (Å²) in [5.41, 5.74) is 0.674. The Morgan fingerprint density at radius 2 is 1.82 bits per heavy atom. The van der Waals surface area contributed by atoms with Crippen LogP contribution in [0.15, 0.2) is 41.3 Å². The van der Waals surface area contributed by atoms with E-state index in [9.17, 15) is 13.2 Å². The molecule has 8 nitrogen and oxygen atoms in total. The van der Waals surface area contributed by atoms with Crippen molar-refractivity contribution in [1.82, 2.24) is 4.31 Å². The van der Waals surface area contributed by atoms with E-state index < -0.39 is 10.0 Å². The number of rotatable bonds is 6. The maximum atomic E-state index is 13.1. The Balaban J connectivity index is 1.36. The van der Waals surface area contributed by atoms with Gasteiger partial charge in [-0.25, -0.2) is 8.42 Å². The van der Waals surface area contributed by atoms with E-state index in [1.165, 1.54) is 23.5 Å². The van der Waals surface area contributed by atoms with Gasteiger partial charge in [-0.2, -0.15) is 4.31 Å². The molecule has 0 bridgehead atoms. The summed E-state index contributed by atoms with van der Waals surface area (Å²) in [5, 5.41) is 0.523. The first-order valence-corrected chi connectivity index (χ1v) is 12.6. The summed E-state index contributed by atoms with van der Waals surface area (Å²) in [6, 6.07) is 9.77. The van der Waals surface area contributed by atoms with Crippen molar-refractivity contribution >= 4 is 27.6 Å². The zero-order valence-electron chi connectivity index (χ0n) is 18.3. The highest BCUT2D eigenvalue weighted by Crippen LogP contribution is 2.34. The van der Waals surface area contributed by atoms with Crippen molar-refractivity contribution in [3.05, 3.63) is 47.0 Å². The Morgan fingerprint density at radius 1 is 1.09 bits per heavy atom. The normalized spacial score (nSPS) is 17.3. The van der Waals surface area contributed by atoms with Crippen LogP contribution < -0.4 is 14.2 Å². The number of hydrogen-bond donors (Lipinski definition) is 0. The van der Waals surface area contributed by atoms with Crippen molar-refractivity contribution < 1.29 is 32.2 Å². The minimum absolute atomic E-state index is 0.0400. The number of methoxy groups -OCH3 is 1. The van der Waals surface area contributed by atoms with E-state index >= 15 is 0 Å². The predicted molar refractivity (Wildman–Crippen MR) is 121 cm³/mol. The minimum atomic E-state index is -3.71. The fraction of sp³-hybridized carbons (Fsp3) is 0.435. The van der Waals surface area contributed by atoms with Crippen molar-refractivity contribution in [1.29, 1.82) is 0 Å². The van der Waals surface area contributed by atoms with Crippen LogP contribution in [-0.4, -0.2) is 52.1 Å². The van der Waals surface area contributed by atoms with Crippen molar-refractivity contribution in [2.75, 3.05) is 33.4 Å². The topological polar surface area (TPSA) is 91.4 Å². The third-order valence-electron chi connectivity index (χ3n) is 5.76. The second kappa shape index (κ2) is 10.2. The monoisotopic (exact) mass is 495 g/mol. The molecule has 2 aromatic rings. The molecule has 0 unspecified atom stereocenters. The number of esters is 1. The van der Waals surface area contributed by atoms with Gasteiger partial charge in [0.25, 0.3) is 0 Å². The molecule has 178 valence electrons. The van der Waals surface area contributed by atoms with Crippen molar-refractivity contribution in [2.24, 2.45) is 5.92 Å². The molecule has 0 amide bonds. The number of piperidine rings is 1. The van der Waals surface area contributed by atoms with Crippen LogP contribution in [-0.2, 0) is 26.2 Å². The van der Waals surface area contributed by atoms with Gasteiger partial charge in [-0.3, -0.25) is 4.79 Å². The van der Waals surface area contributed by atoms with Crippen LogP contribution in [0.2, 0.25) is 5.02 Å². The smallest absolute Gasteiger partial charge is 0.309 e. The lowest BCUT2D eigenvalue weighted by atomic mass is 9.98. The van der Waals surface area contributed by atoms with Gasteiger partial charge in [0.1, 0.15) is 12.4 Å². The van der Waals surface area contributed by atoms with Gasteiger partial charge in [0.2, 0.25) is 10.0 Å². The number of benzene rings is 2. The fourth-order valence-electron chi connectivity index (χ4n) is 3.91. The third-order valence-corrected chi connectivity index (χ3v) is 7.89. The third kappa shape index (κ3) is 5.37. The summed E-state index contributed by atoms with van der Waals surface area (Å²) in [7, 11) is -2.18. The van der Waals surface area contributed by atoms with E-state index in [4.69, 9.17) is 30.5 Å². The predicted octanol–water partition coefficient (Wildman–Crippen LogP) is 3.65. The van der Waals surface area contributed by atoms with E-state index in [0.29, 0.717) is 53.9 Å². The van der Waals surface area contributed by atoms with Gasteiger partial charge in [-0.15, -0.1) is 0 Å². The Morgan fingerprint density at radius 3 is 2.55 bits per heavy atom. The lowest BCUT2D eigenvalue weighted by molar-refractivity contribution is -0.151. The molecule has 2 aromatic carbocycles. The van der Waals surface area contributed by atoms with E-state index in [-0.39, 0.29) is 36.5 Å². The Hall–Kier alpha value is -2.49. The Labute approximate surface area is 198 Å². The zero-order valence-corrected chi connectivity index (χ0v) is 19.9. The van der Waals surface area contributed by atoms with E-state index in [0.717, 1.165) is 6.42 Å². The molecule has 2 aliphatic heterocycles. The molecule has 0 aliphatic carbocycles. The molecular weight excluding hydrogens is 470 g/mol. The number of nitrogens with zero attached hydrogens (tertiary/aromatic N) is 1. The number of ether oxygens (including phenoxy) is 4. The number of fused-ring (bicyclic) bond motifs is 1. The second-order valence-corrected chi connectivity index (χ2v) is 10.3. The molecule has 1 saturated heterocycles. The summed E-state index contributed by atoms with van der Waals surface area (Å²) in [5.74, 6) is 0.839. The second-order valence-electron chi connectivity index (χ2n) is 7.90. The quantitative estimate of drug-likeness (QED) is 0.565. The van der Waals surface area contributed by atoms with Crippen LogP contribution in [0, 0.1) is 5.92 Å². The van der Waals surface area contributed by atoms with Crippen molar-refractivity contribution in [2.45, 2.75) is 30.8 Å². The first-order valence-electron chi connectivity index (χ1n) is 10.8. The molecule has 10 heteroatoms.